The first-order chi connectivity index (χ1) is 14.1. The Hall–Kier alpha value is -2.59. The fourth-order valence-corrected chi connectivity index (χ4v) is 4.76. The van der Waals surface area contributed by atoms with E-state index in [1.807, 2.05) is 42.5 Å². The third-order valence-corrected chi connectivity index (χ3v) is 6.46. The Morgan fingerprint density at radius 3 is 2.45 bits per heavy atom. The minimum atomic E-state index is -0.872. The molecule has 152 valence electrons. The summed E-state index contributed by atoms with van der Waals surface area (Å²) < 4.78 is 12.7. The first-order valence-electron chi connectivity index (χ1n) is 10.5. The number of ether oxygens (including phenoxy) is 2. The Balaban J connectivity index is 1.43. The van der Waals surface area contributed by atoms with Crippen molar-refractivity contribution in [2.24, 2.45) is 5.41 Å². The quantitative estimate of drug-likeness (QED) is 0.437. The van der Waals surface area contributed by atoms with Crippen LogP contribution in [0.1, 0.15) is 50.5 Å². The van der Waals surface area contributed by atoms with Crippen molar-refractivity contribution < 1.29 is 19.4 Å². The van der Waals surface area contributed by atoms with Gasteiger partial charge in [0, 0.05) is 11.6 Å². The molecular weight excluding hydrogens is 364 g/mol. The normalized spacial score (nSPS) is 25.9. The van der Waals surface area contributed by atoms with E-state index >= 15 is 0 Å². The van der Waals surface area contributed by atoms with Crippen LogP contribution in [0.25, 0.3) is 0 Å². The molecule has 29 heavy (non-hydrogen) atoms. The lowest BCUT2D eigenvalue weighted by Crippen LogP contribution is -2.49. The molecule has 4 heteroatoms. The molecule has 0 aromatic heterocycles. The van der Waals surface area contributed by atoms with Crippen molar-refractivity contribution in [3.63, 3.8) is 0 Å². The van der Waals surface area contributed by atoms with Crippen molar-refractivity contribution in [3.05, 3.63) is 72.3 Å². The van der Waals surface area contributed by atoms with Crippen LogP contribution in [0.3, 0.4) is 0 Å². The highest BCUT2D eigenvalue weighted by Crippen LogP contribution is 2.57. The van der Waals surface area contributed by atoms with E-state index < -0.39 is 5.97 Å². The molecule has 4 nitrogen and oxygen atoms in total. The largest absolute Gasteiger partial charge is 0.478 e. The van der Waals surface area contributed by atoms with Gasteiger partial charge in [-0.2, -0.15) is 0 Å². The Labute approximate surface area is 172 Å². The summed E-state index contributed by atoms with van der Waals surface area (Å²) in [5, 5.41) is 8.70. The van der Waals surface area contributed by atoms with Crippen molar-refractivity contribution in [1.82, 2.24) is 0 Å². The minimum absolute atomic E-state index is 0.244. The van der Waals surface area contributed by atoms with Crippen LogP contribution in [0.5, 0.6) is 11.5 Å². The maximum absolute atomic E-state index is 10.6. The number of rotatable bonds is 8. The highest BCUT2D eigenvalue weighted by Gasteiger charge is 2.51. The predicted molar refractivity (Wildman–Crippen MR) is 112 cm³/mol. The van der Waals surface area contributed by atoms with Crippen molar-refractivity contribution >= 4 is 5.97 Å². The summed E-state index contributed by atoms with van der Waals surface area (Å²) in [5.41, 5.74) is 1.14. The summed E-state index contributed by atoms with van der Waals surface area (Å²) >= 11 is 0. The van der Waals surface area contributed by atoms with Gasteiger partial charge in [-0.25, -0.2) is 4.79 Å². The van der Waals surface area contributed by atoms with Gasteiger partial charge in [0.05, 0.1) is 12.2 Å². The maximum Gasteiger partial charge on any atom is 0.327 e. The maximum atomic E-state index is 10.6. The van der Waals surface area contributed by atoms with Crippen LogP contribution in [0.15, 0.2) is 66.7 Å². The van der Waals surface area contributed by atoms with Crippen LogP contribution in [0, 0.1) is 5.41 Å². The van der Waals surface area contributed by atoms with E-state index in [-0.39, 0.29) is 11.0 Å². The SMILES string of the molecule is O=C(O)C=CCCCC12CCC(c3ccccc3Oc3ccccc3)(CC1)OC2. The topological polar surface area (TPSA) is 55.8 Å². The van der Waals surface area contributed by atoms with Gasteiger partial charge in [-0.15, -0.1) is 0 Å². The lowest BCUT2D eigenvalue weighted by molar-refractivity contribution is -0.192. The number of hydrogen-bond donors (Lipinski definition) is 1. The molecule has 0 atom stereocenters. The Kier molecular flexibility index (Phi) is 5.72. The Bertz CT molecular complexity index is 847. The lowest BCUT2D eigenvalue weighted by atomic mass is 9.62. The highest BCUT2D eigenvalue weighted by molar-refractivity contribution is 5.79. The second kappa shape index (κ2) is 8.42. The van der Waals surface area contributed by atoms with Crippen molar-refractivity contribution in [2.75, 3.05) is 6.61 Å². The van der Waals surface area contributed by atoms with E-state index in [4.69, 9.17) is 14.6 Å². The summed E-state index contributed by atoms with van der Waals surface area (Å²) in [7, 11) is 0. The molecule has 2 heterocycles. The number of fused-ring (bicyclic) bond motifs is 3. The van der Waals surface area contributed by atoms with E-state index in [0.29, 0.717) is 0 Å². The van der Waals surface area contributed by atoms with Crippen LogP contribution in [0.2, 0.25) is 0 Å². The summed E-state index contributed by atoms with van der Waals surface area (Å²) in [6.45, 7) is 0.773. The minimum Gasteiger partial charge on any atom is -0.478 e. The third-order valence-electron chi connectivity index (χ3n) is 6.46. The van der Waals surface area contributed by atoms with Crippen molar-refractivity contribution in [1.29, 1.82) is 0 Å². The molecule has 0 amide bonds. The average Bonchev–Trinajstić information content (AvgIpc) is 2.76. The zero-order valence-corrected chi connectivity index (χ0v) is 16.7. The molecule has 2 aromatic rings. The number of aliphatic carboxylic acids is 1. The first kappa shape index (κ1) is 19.7. The number of para-hydroxylation sites is 2. The summed E-state index contributed by atoms with van der Waals surface area (Å²) in [4.78, 5) is 10.6. The molecule has 2 aromatic carbocycles. The van der Waals surface area contributed by atoms with Gasteiger partial charge in [0.25, 0.3) is 0 Å². The number of unbranched alkanes of at least 4 members (excludes halogenated alkanes) is 1. The molecule has 3 fully saturated rings. The summed E-state index contributed by atoms with van der Waals surface area (Å²) in [5.74, 6) is 0.849. The lowest BCUT2D eigenvalue weighted by Gasteiger charge is -2.53. The number of carboxylic acid groups (broad SMARTS) is 1. The molecule has 1 N–H and O–H groups in total. The molecule has 3 aliphatic rings. The number of carbonyl (C=O) groups is 1. The number of carboxylic acids is 1. The average molecular weight is 392 g/mol. The summed E-state index contributed by atoms with van der Waals surface area (Å²) in [6.07, 6.45) is 10.2. The molecule has 1 aliphatic carbocycles. The van der Waals surface area contributed by atoms with Crippen LogP contribution in [0.4, 0.5) is 0 Å². The number of allylic oxidation sites excluding steroid dienone is 1. The summed E-state index contributed by atoms with van der Waals surface area (Å²) in [6, 6.07) is 18.2. The molecule has 2 bridgehead atoms. The van der Waals surface area contributed by atoms with Gasteiger partial charge in [0.1, 0.15) is 11.5 Å². The van der Waals surface area contributed by atoms with Gasteiger partial charge in [-0.1, -0.05) is 42.5 Å². The molecule has 2 aliphatic heterocycles. The van der Waals surface area contributed by atoms with Gasteiger partial charge >= 0.3 is 5.97 Å². The van der Waals surface area contributed by atoms with E-state index in [9.17, 15) is 4.79 Å². The standard InChI is InChI=1S/C25H28O4/c26-23(27)13-5-2-8-14-24-15-17-25(18-16-24,28-19-24)21-11-6-7-12-22(21)29-20-9-3-1-4-10-20/h1,3-7,9-13H,2,8,14-19H2,(H,26,27). The zero-order chi connectivity index (χ0) is 20.2. The van der Waals surface area contributed by atoms with Gasteiger partial charge < -0.3 is 14.6 Å². The van der Waals surface area contributed by atoms with Crippen LogP contribution < -0.4 is 4.74 Å². The van der Waals surface area contributed by atoms with Crippen LogP contribution in [-0.4, -0.2) is 17.7 Å². The molecule has 0 unspecified atom stereocenters. The Morgan fingerprint density at radius 2 is 1.76 bits per heavy atom. The van der Waals surface area contributed by atoms with Gasteiger partial charge in [-0.05, 0) is 68.6 Å². The number of hydrogen-bond acceptors (Lipinski definition) is 3. The smallest absolute Gasteiger partial charge is 0.327 e. The van der Waals surface area contributed by atoms with E-state index in [1.54, 1.807) is 6.08 Å². The molecule has 0 radical (unpaired) electrons. The van der Waals surface area contributed by atoms with Crippen LogP contribution >= 0.6 is 0 Å². The third kappa shape index (κ3) is 4.38. The van der Waals surface area contributed by atoms with Gasteiger partial charge in [0.15, 0.2) is 0 Å². The molecular formula is C25H28O4. The monoisotopic (exact) mass is 392 g/mol. The van der Waals surface area contributed by atoms with E-state index in [1.165, 1.54) is 6.08 Å². The van der Waals surface area contributed by atoms with Crippen molar-refractivity contribution in [2.45, 2.75) is 50.5 Å². The zero-order valence-electron chi connectivity index (χ0n) is 16.7. The molecule has 0 spiro atoms. The molecule has 5 rings (SSSR count). The molecule has 2 saturated heterocycles. The predicted octanol–water partition coefficient (Wildman–Crippen LogP) is 6.08. The molecule has 1 saturated carbocycles. The fraction of sp³-hybridized carbons (Fsp3) is 0.400. The van der Waals surface area contributed by atoms with Gasteiger partial charge in [0.2, 0.25) is 0 Å². The van der Waals surface area contributed by atoms with Crippen molar-refractivity contribution in [3.8, 4) is 11.5 Å². The van der Waals surface area contributed by atoms with Crippen LogP contribution in [-0.2, 0) is 15.1 Å². The van der Waals surface area contributed by atoms with E-state index in [2.05, 4.69) is 12.1 Å². The second-order valence-corrected chi connectivity index (χ2v) is 8.33. The fourth-order valence-electron chi connectivity index (χ4n) is 4.76. The number of benzene rings is 2. The highest BCUT2D eigenvalue weighted by atomic mass is 16.5. The second-order valence-electron chi connectivity index (χ2n) is 8.33. The van der Waals surface area contributed by atoms with E-state index in [0.717, 1.165) is 68.6 Å². The first-order valence-corrected chi connectivity index (χ1v) is 10.5. The Morgan fingerprint density at radius 1 is 1.03 bits per heavy atom. The van der Waals surface area contributed by atoms with Gasteiger partial charge in [-0.3, -0.25) is 0 Å².